The molecule has 1 amide bonds. The Hall–Kier alpha value is -3.84. The SMILES string of the molecule is COc1ccc(C(=O)Oc2ccc(/C=N\NC(=O)c3cccc(Cl)c3)cc2OC)cc1. The fourth-order valence-corrected chi connectivity index (χ4v) is 2.78. The zero-order valence-electron chi connectivity index (χ0n) is 16.8. The first-order chi connectivity index (χ1) is 15.0. The lowest BCUT2D eigenvalue weighted by atomic mass is 10.2. The zero-order chi connectivity index (χ0) is 22.2. The van der Waals surface area contributed by atoms with Crippen molar-refractivity contribution in [2.45, 2.75) is 0 Å². The van der Waals surface area contributed by atoms with Gasteiger partial charge in [-0.25, -0.2) is 10.2 Å². The Morgan fingerprint density at radius 3 is 2.35 bits per heavy atom. The van der Waals surface area contributed by atoms with Crippen LogP contribution in [0, 0.1) is 0 Å². The van der Waals surface area contributed by atoms with Crippen LogP contribution in [0.15, 0.2) is 71.8 Å². The fraction of sp³-hybridized carbons (Fsp3) is 0.0870. The molecule has 0 aliphatic heterocycles. The minimum Gasteiger partial charge on any atom is -0.497 e. The van der Waals surface area contributed by atoms with Crippen LogP contribution in [0.4, 0.5) is 0 Å². The van der Waals surface area contributed by atoms with Crippen molar-refractivity contribution >= 4 is 29.7 Å². The maximum atomic E-state index is 12.4. The van der Waals surface area contributed by atoms with Gasteiger partial charge >= 0.3 is 5.97 Å². The van der Waals surface area contributed by atoms with Crippen molar-refractivity contribution in [3.63, 3.8) is 0 Å². The van der Waals surface area contributed by atoms with Gasteiger partial charge in [0.25, 0.3) is 5.91 Å². The first-order valence-electron chi connectivity index (χ1n) is 9.13. The summed E-state index contributed by atoms with van der Waals surface area (Å²) in [4.78, 5) is 24.5. The molecule has 0 saturated carbocycles. The number of carbonyl (C=O) groups is 2. The van der Waals surface area contributed by atoms with Crippen LogP contribution < -0.4 is 19.6 Å². The third-order valence-corrected chi connectivity index (χ3v) is 4.42. The second-order valence-corrected chi connectivity index (χ2v) is 6.67. The maximum Gasteiger partial charge on any atom is 0.343 e. The Labute approximate surface area is 184 Å². The van der Waals surface area contributed by atoms with Crippen LogP contribution in [-0.2, 0) is 0 Å². The molecule has 0 bridgehead atoms. The summed E-state index contributed by atoms with van der Waals surface area (Å²) in [7, 11) is 3.01. The number of hydrogen-bond acceptors (Lipinski definition) is 6. The van der Waals surface area contributed by atoms with Crippen LogP contribution in [0.1, 0.15) is 26.3 Å². The van der Waals surface area contributed by atoms with E-state index in [1.807, 2.05) is 0 Å². The molecular weight excluding hydrogens is 420 g/mol. The molecular formula is C23H19ClN2O5. The van der Waals surface area contributed by atoms with Crippen LogP contribution >= 0.6 is 11.6 Å². The van der Waals surface area contributed by atoms with E-state index in [0.29, 0.717) is 33.2 Å². The Bertz CT molecular complexity index is 1110. The van der Waals surface area contributed by atoms with Crippen molar-refractivity contribution in [1.82, 2.24) is 5.43 Å². The van der Waals surface area contributed by atoms with Crippen LogP contribution in [0.25, 0.3) is 0 Å². The molecule has 0 aromatic heterocycles. The first-order valence-corrected chi connectivity index (χ1v) is 9.51. The molecule has 0 atom stereocenters. The molecule has 0 heterocycles. The van der Waals surface area contributed by atoms with Gasteiger partial charge in [-0.15, -0.1) is 0 Å². The second kappa shape index (κ2) is 10.3. The molecule has 158 valence electrons. The molecule has 0 radical (unpaired) electrons. The summed E-state index contributed by atoms with van der Waals surface area (Å²) >= 11 is 5.88. The third-order valence-electron chi connectivity index (χ3n) is 4.18. The Morgan fingerprint density at radius 2 is 1.68 bits per heavy atom. The van der Waals surface area contributed by atoms with Crippen LogP contribution in [0.5, 0.6) is 17.2 Å². The van der Waals surface area contributed by atoms with Gasteiger partial charge in [0, 0.05) is 10.6 Å². The smallest absolute Gasteiger partial charge is 0.343 e. The number of nitrogens with one attached hydrogen (secondary N) is 1. The van der Waals surface area contributed by atoms with Gasteiger partial charge in [0.2, 0.25) is 0 Å². The second-order valence-electron chi connectivity index (χ2n) is 6.24. The number of benzene rings is 3. The van der Waals surface area contributed by atoms with Gasteiger partial charge in [-0.05, 0) is 66.2 Å². The number of halogens is 1. The molecule has 1 N–H and O–H groups in total. The molecule has 0 aliphatic carbocycles. The summed E-state index contributed by atoms with van der Waals surface area (Å²) in [5.41, 5.74) is 3.82. The summed E-state index contributed by atoms with van der Waals surface area (Å²) in [5, 5.41) is 4.39. The van der Waals surface area contributed by atoms with Crippen molar-refractivity contribution in [2.75, 3.05) is 14.2 Å². The van der Waals surface area contributed by atoms with E-state index in [0.717, 1.165) is 0 Å². The van der Waals surface area contributed by atoms with Crippen molar-refractivity contribution < 1.29 is 23.8 Å². The van der Waals surface area contributed by atoms with Gasteiger partial charge in [-0.1, -0.05) is 17.7 Å². The lowest BCUT2D eigenvalue weighted by Gasteiger charge is -2.10. The molecule has 0 aliphatic rings. The lowest BCUT2D eigenvalue weighted by molar-refractivity contribution is 0.0729. The van der Waals surface area contributed by atoms with E-state index >= 15 is 0 Å². The molecule has 0 fully saturated rings. The monoisotopic (exact) mass is 438 g/mol. The normalized spacial score (nSPS) is 10.5. The van der Waals surface area contributed by atoms with Gasteiger partial charge in [0.05, 0.1) is 26.0 Å². The summed E-state index contributed by atoms with van der Waals surface area (Å²) in [6, 6.07) is 18.0. The van der Waals surface area contributed by atoms with E-state index in [1.165, 1.54) is 13.3 Å². The summed E-state index contributed by atoms with van der Waals surface area (Å²) < 4.78 is 15.8. The lowest BCUT2D eigenvalue weighted by Crippen LogP contribution is -2.17. The number of hydrazone groups is 1. The van der Waals surface area contributed by atoms with Crippen molar-refractivity contribution in [1.29, 1.82) is 0 Å². The van der Waals surface area contributed by atoms with Gasteiger partial charge in [0.1, 0.15) is 5.75 Å². The Morgan fingerprint density at radius 1 is 0.903 bits per heavy atom. The molecule has 31 heavy (non-hydrogen) atoms. The number of ether oxygens (including phenoxy) is 3. The van der Waals surface area contributed by atoms with Crippen molar-refractivity contribution in [3.05, 3.63) is 88.4 Å². The third kappa shape index (κ3) is 5.83. The number of rotatable bonds is 7. The predicted molar refractivity (Wildman–Crippen MR) is 117 cm³/mol. The maximum absolute atomic E-state index is 12.4. The summed E-state index contributed by atoms with van der Waals surface area (Å²) in [5.74, 6) is 0.308. The number of amides is 1. The predicted octanol–water partition coefficient (Wildman–Crippen LogP) is 4.34. The average molecular weight is 439 g/mol. The van der Waals surface area contributed by atoms with Crippen LogP contribution in [0.3, 0.4) is 0 Å². The molecule has 0 spiro atoms. The number of esters is 1. The van der Waals surface area contributed by atoms with Crippen molar-refractivity contribution in [2.24, 2.45) is 5.10 Å². The van der Waals surface area contributed by atoms with E-state index in [1.54, 1.807) is 73.8 Å². The quantitative estimate of drug-likeness (QED) is 0.256. The molecule has 3 aromatic rings. The average Bonchev–Trinajstić information content (AvgIpc) is 2.79. The Balaban J connectivity index is 1.66. The van der Waals surface area contributed by atoms with E-state index in [4.69, 9.17) is 25.8 Å². The molecule has 7 nitrogen and oxygen atoms in total. The van der Waals surface area contributed by atoms with E-state index in [2.05, 4.69) is 10.5 Å². The van der Waals surface area contributed by atoms with E-state index < -0.39 is 11.9 Å². The molecule has 3 rings (SSSR count). The molecule has 3 aromatic carbocycles. The number of nitrogens with zero attached hydrogens (tertiary/aromatic N) is 1. The standard InChI is InChI=1S/C23H19ClN2O5/c1-29-19-9-7-16(8-10-19)23(28)31-20-11-6-15(12-21(20)30-2)14-25-26-22(27)17-4-3-5-18(24)13-17/h3-14H,1-2H3,(H,26,27)/b25-14-. The summed E-state index contributed by atoms with van der Waals surface area (Å²) in [6.45, 7) is 0. The minimum atomic E-state index is -0.531. The highest BCUT2D eigenvalue weighted by molar-refractivity contribution is 6.30. The molecule has 0 unspecified atom stereocenters. The van der Waals surface area contributed by atoms with Crippen LogP contribution in [0.2, 0.25) is 5.02 Å². The fourth-order valence-electron chi connectivity index (χ4n) is 2.59. The number of carbonyl (C=O) groups excluding carboxylic acids is 2. The Kier molecular flexibility index (Phi) is 7.24. The highest BCUT2D eigenvalue weighted by atomic mass is 35.5. The van der Waals surface area contributed by atoms with Gasteiger partial charge in [-0.2, -0.15) is 5.10 Å². The topological polar surface area (TPSA) is 86.2 Å². The van der Waals surface area contributed by atoms with Crippen molar-refractivity contribution in [3.8, 4) is 17.2 Å². The molecule has 0 saturated heterocycles. The first kappa shape index (κ1) is 21.9. The summed E-state index contributed by atoms with van der Waals surface area (Å²) in [6.07, 6.45) is 1.44. The van der Waals surface area contributed by atoms with E-state index in [-0.39, 0.29) is 5.75 Å². The highest BCUT2D eigenvalue weighted by Crippen LogP contribution is 2.28. The van der Waals surface area contributed by atoms with Gasteiger partial charge in [-0.3, -0.25) is 4.79 Å². The largest absolute Gasteiger partial charge is 0.497 e. The van der Waals surface area contributed by atoms with Gasteiger partial charge in [0.15, 0.2) is 11.5 Å². The van der Waals surface area contributed by atoms with E-state index in [9.17, 15) is 9.59 Å². The zero-order valence-corrected chi connectivity index (χ0v) is 17.6. The van der Waals surface area contributed by atoms with Crippen LogP contribution in [-0.4, -0.2) is 32.3 Å². The molecule has 8 heteroatoms. The number of methoxy groups -OCH3 is 2. The van der Waals surface area contributed by atoms with Gasteiger partial charge < -0.3 is 14.2 Å². The number of hydrogen-bond donors (Lipinski definition) is 1. The minimum absolute atomic E-state index is 0.253. The highest BCUT2D eigenvalue weighted by Gasteiger charge is 2.13.